The summed E-state index contributed by atoms with van der Waals surface area (Å²) in [5.74, 6) is -1.61. The highest BCUT2D eigenvalue weighted by atomic mass is 19.4. The van der Waals surface area contributed by atoms with Crippen molar-refractivity contribution in [3.05, 3.63) is 24.2 Å². The number of hydrogen-bond acceptors (Lipinski definition) is 5. The molecule has 8 nitrogen and oxygen atoms in total. The molecule has 26 heavy (non-hydrogen) atoms. The van der Waals surface area contributed by atoms with Gasteiger partial charge in [-0.1, -0.05) is 0 Å². The normalized spacial score (nSPS) is 11.4. The van der Waals surface area contributed by atoms with E-state index < -0.39 is 24.0 Å². The number of aromatic nitrogens is 3. The van der Waals surface area contributed by atoms with Crippen LogP contribution in [0.2, 0.25) is 0 Å². The number of halogens is 3. The van der Waals surface area contributed by atoms with Gasteiger partial charge in [-0.2, -0.15) is 13.2 Å². The maximum absolute atomic E-state index is 13.1. The van der Waals surface area contributed by atoms with Crippen molar-refractivity contribution in [3.63, 3.8) is 0 Å². The number of pyridine rings is 1. The molecule has 0 radical (unpaired) electrons. The van der Waals surface area contributed by atoms with Crippen molar-refractivity contribution < 1.29 is 27.5 Å². The molecule has 0 aromatic carbocycles. The van der Waals surface area contributed by atoms with E-state index in [1.54, 1.807) is 6.92 Å². The topological polar surface area (TPSA) is 98.1 Å². The summed E-state index contributed by atoms with van der Waals surface area (Å²) >= 11 is 0. The third kappa shape index (κ3) is 5.07. The largest absolute Gasteiger partial charge is 0.465 e. The van der Waals surface area contributed by atoms with Gasteiger partial charge in [-0.3, -0.25) is 4.79 Å². The van der Waals surface area contributed by atoms with Crippen molar-refractivity contribution in [1.29, 1.82) is 0 Å². The minimum Gasteiger partial charge on any atom is -0.465 e. The third-order valence-corrected chi connectivity index (χ3v) is 3.30. The first-order valence-corrected chi connectivity index (χ1v) is 7.88. The number of fused-ring (bicyclic) bond motifs is 1. The minimum absolute atomic E-state index is 0.0273. The van der Waals surface area contributed by atoms with Crippen LogP contribution in [0.5, 0.6) is 0 Å². The lowest BCUT2D eigenvalue weighted by molar-refractivity contribution is -0.147. The molecule has 0 saturated heterocycles. The van der Waals surface area contributed by atoms with Crippen LogP contribution in [0.25, 0.3) is 11.2 Å². The van der Waals surface area contributed by atoms with Gasteiger partial charge in [0.05, 0.1) is 6.61 Å². The average Bonchev–Trinajstić information content (AvgIpc) is 2.96. The molecule has 0 aliphatic heterocycles. The summed E-state index contributed by atoms with van der Waals surface area (Å²) in [6.07, 6.45) is -3.00. The fourth-order valence-corrected chi connectivity index (χ4v) is 2.25. The van der Waals surface area contributed by atoms with Gasteiger partial charge in [0, 0.05) is 19.3 Å². The van der Waals surface area contributed by atoms with E-state index in [4.69, 9.17) is 0 Å². The summed E-state index contributed by atoms with van der Waals surface area (Å²) < 4.78 is 45.0. The molecule has 0 spiro atoms. The fraction of sp³-hybridized carbons (Fsp3) is 0.467. The van der Waals surface area contributed by atoms with Crippen molar-refractivity contribution in [3.8, 4) is 0 Å². The first-order valence-electron chi connectivity index (χ1n) is 7.88. The van der Waals surface area contributed by atoms with Crippen molar-refractivity contribution in [2.75, 3.05) is 19.7 Å². The molecule has 0 bridgehead atoms. The predicted molar refractivity (Wildman–Crippen MR) is 85.2 cm³/mol. The molecule has 2 N–H and O–H groups in total. The highest BCUT2D eigenvalue weighted by Crippen LogP contribution is 2.30. The van der Waals surface area contributed by atoms with E-state index in [0.29, 0.717) is 0 Å². The lowest BCUT2D eigenvalue weighted by Gasteiger charge is -2.11. The van der Waals surface area contributed by atoms with Gasteiger partial charge >= 0.3 is 18.2 Å². The molecule has 0 aliphatic rings. The second-order valence-electron chi connectivity index (χ2n) is 5.20. The first kappa shape index (κ1) is 19.5. The number of carbonyl (C=O) groups is 2. The maximum Gasteiger partial charge on any atom is 0.449 e. The average molecular weight is 373 g/mol. The molecule has 2 aromatic heterocycles. The number of imidazole rings is 1. The molecular formula is C15H18F3N5O3. The predicted octanol–water partition coefficient (Wildman–Crippen LogP) is 1.70. The van der Waals surface area contributed by atoms with Crippen molar-refractivity contribution in [1.82, 2.24) is 25.2 Å². The number of alkyl halides is 3. The van der Waals surface area contributed by atoms with Gasteiger partial charge in [0.1, 0.15) is 12.1 Å². The van der Waals surface area contributed by atoms with E-state index in [1.807, 2.05) is 0 Å². The number of hydrogen-bond donors (Lipinski definition) is 2. The van der Waals surface area contributed by atoms with Crippen LogP contribution in [0.4, 0.5) is 18.0 Å². The minimum atomic E-state index is -4.61. The Labute approximate surface area is 146 Å². The molecule has 2 amide bonds. The Balaban J connectivity index is 1.90. The molecule has 2 aromatic rings. The van der Waals surface area contributed by atoms with E-state index in [0.717, 1.165) is 4.57 Å². The highest BCUT2D eigenvalue weighted by molar-refractivity contribution is 5.80. The van der Waals surface area contributed by atoms with Gasteiger partial charge < -0.3 is 19.9 Å². The zero-order chi connectivity index (χ0) is 19.2. The monoisotopic (exact) mass is 373 g/mol. The van der Waals surface area contributed by atoms with Crippen LogP contribution in [0.1, 0.15) is 19.2 Å². The van der Waals surface area contributed by atoms with Crippen molar-refractivity contribution >= 4 is 23.2 Å². The van der Waals surface area contributed by atoms with Crippen LogP contribution in [0.15, 0.2) is 18.3 Å². The number of urea groups is 1. The molecule has 2 rings (SSSR count). The van der Waals surface area contributed by atoms with Crippen LogP contribution in [0.3, 0.4) is 0 Å². The van der Waals surface area contributed by atoms with E-state index in [2.05, 4.69) is 25.3 Å². The Kier molecular flexibility index (Phi) is 6.36. The van der Waals surface area contributed by atoms with Gasteiger partial charge in [-0.15, -0.1) is 0 Å². The standard InChI is InChI=1S/C15H18F3N5O3/c1-2-26-11(24)9-21-14(25)20-7-4-8-23-12-10(5-3-6-19-12)22-13(23)15(16,17)18/h3,5-6H,2,4,7-9H2,1H3,(H2,20,21,25). The lowest BCUT2D eigenvalue weighted by atomic mass is 10.4. The molecule has 0 fully saturated rings. The number of esters is 1. The third-order valence-electron chi connectivity index (χ3n) is 3.30. The van der Waals surface area contributed by atoms with Gasteiger partial charge in [-0.25, -0.2) is 14.8 Å². The smallest absolute Gasteiger partial charge is 0.449 e. The quantitative estimate of drug-likeness (QED) is 0.569. The summed E-state index contributed by atoms with van der Waals surface area (Å²) in [6.45, 7) is 1.64. The number of nitrogens with one attached hydrogen (secondary N) is 2. The summed E-state index contributed by atoms with van der Waals surface area (Å²) in [7, 11) is 0. The molecule has 0 atom stereocenters. The Morgan fingerprint density at radius 1 is 1.31 bits per heavy atom. The second kappa shape index (κ2) is 8.50. The van der Waals surface area contributed by atoms with Gasteiger partial charge in [0.2, 0.25) is 5.82 Å². The van der Waals surface area contributed by atoms with Crippen molar-refractivity contribution in [2.24, 2.45) is 0 Å². The summed E-state index contributed by atoms with van der Waals surface area (Å²) in [4.78, 5) is 30.1. The number of nitrogens with zero attached hydrogens (tertiary/aromatic N) is 3. The first-order chi connectivity index (χ1) is 12.3. The van der Waals surface area contributed by atoms with Crippen LogP contribution >= 0.6 is 0 Å². The number of aryl methyl sites for hydroxylation is 1. The van der Waals surface area contributed by atoms with Gasteiger partial charge in [0.15, 0.2) is 5.65 Å². The fourth-order valence-electron chi connectivity index (χ4n) is 2.25. The molecule has 11 heteroatoms. The molecule has 142 valence electrons. The Hall–Kier alpha value is -2.85. The lowest BCUT2D eigenvalue weighted by Crippen LogP contribution is -2.39. The highest BCUT2D eigenvalue weighted by Gasteiger charge is 2.37. The second-order valence-corrected chi connectivity index (χ2v) is 5.20. The Morgan fingerprint density at radius 3 is 2.77 bits per heavy atom. The number of carbonyl (C=O) groups excluding carboxylic acids is 2. The van der Waals surface area contributed by atoms with Crippen molar-refractivity contribution in [2.45, 2.75) is 26.1 Å². The van der Waals surface area contributed by atoms with Crippen LogP contribution in [0, 0.1) is 0 Å². The van der Waals surface area contributed by atoms with E-state index >= 15 is 0 Å². The van der Waals surface area contributed by atoms with Crippen LogP contribution in [-0.2, 0) is 22.3 Å². The van der Waals surface area contributed by atoms with E-state index in [1.165, 1.54) is 18.3 Å². The summed E-state index contributed by atoms with van der Waals surface area (Å²) in [6, 6.07) is 2.35. The number of amides is 2. The number of ether oxygens (including phenoxy) is 1. The molecular weight excluding hydrogens is 355 g/mol. The Morgan fingerprint density at radius 2 is 2.08 bits per heavy atom. The van der Waals surface area contributed by atoms with Crippen LogP contribution < -0.4 is 10.6 Å². The van der Waals surface area contributed by atoms with Crippen LogP contribution in [-0.4, -0.2) is 46.2 Å². The zero-order valence-electron chi connectivity index (χ0n) is 14.0. The van der Waals surface area contributed by atoms with E-state index in [-0.39, 0.29) is 43.8 Å². The maximum atomic E-state index is 13.1. The molecule has 2 heterocycles. The van der Waals surface area contributed by atoms with Gasteiger partial charge in [-0.05, 0) is 25.5 Å². The van der Waals surface area contributed by atoms with E-state index in [9.17, 15) is 22.8 Å². The summed E-state index contributed by atoms with van der Waals surface area (Å²) in [5.41, 5.74) is 0.284. The molecule has 0 saturated carbocycles. The molecule has 0 aliphatic carbocycles. The Bertz CT molecular complexity index is 775. The SMILES string of the molecule is CCOC(=O)CNC(=O)NCCCn1c(C(F)(F)F)nc2cccnc21. The summed E-state index contributed by atoms with van der Waals surface area (Å²) in [5, 5.41) is 4.75. The van der Waals surface area contributed by atoms with Gasteiger partial charge in [0.25, 0.3) is 0 Å². The number of rotatable bonds is 7. The zero-order valence-corrected chi connectivity index (χ0v) is 14.0. The molecule has 0 unspecified atom stereocenters.